The standard InChI is InChI=1S/C84H128Cl6NO19P/c1-7-11-15-19-23-25-29-31-40-54-69(103-73(93)56-46-33-27-21-17-13-9-3)58-72(92)91-66(61-99-60-65-48-38-35-39-49-65)62-100-80-76(79(96)102-64-83(85,86)87)78(106-75(95)59-70(55-41-32-30-26-24-20-16-12-8-2)104-74(94)57-47-34-28-22-18-14-10-4)77(71(105-80)63-101-81(97)107-82(5,6)84(88,89)90)110-111(98,108-67-50-42-36-43-51-67)109-68-52-44-37-45-53-68/h35-39,42-45,48-53,66,69-71,76-78,80H,7-34,40-41,46-47,54-64H2,1-6H3,(H,91,92)/t66-,69+,70+,71+,76-,77+,78+,80+/m0/s1. The number of hydrogen-bond acceptors (Lipinski definition) is 19. The Hall–Kier alpha value is -4.31. The monoisotopic (exact) mass is 1700 g/mol. The lowest BCUT2D eigenvalue weighted by molar-refractivity contribution is -0.286. The lowest BCUT2D eigenvalue weighted by atomic mass is 9.90. The van der Waals surface area contributed by atoms with E-state index in [4.69, 9.17) is 126 Å². The molecule has 8 atom stereocenters. The number of rotatable bonds is 62. The molecule has 0 bridgehead atoms. The number of esters is 4. The first-order chi connectivity index (χ1) is 53.3. The first kappa shape index (κ1) is 99.1. The fourth-order valence-electron chi connectivity index (χ4n) is 12.7. The van der Waals surface area contributed by atoms with Gasteiger partial charge in [-0.1, -0.05) is 344 Å². The quantitative estimate of drug-likeness (QED) is 0.0181. The SMILES string of the molecule is CCCCCCCCCCC[C@H](CC(=O)N[C@@H](COCc1ccccc1)CO[C@@H]1O[C@H](COC(=O)OC(C)(C)C(Cl)(Cl)Cl)[C@@H](OP(=O)(Oc2ccccc2)Oc2ccccc2)[C@H](OC(=O)C[C@@H](CCCCCCCCCCC)OC(=O)CCCCCCCCC)[C@H]1C(=O)OCC(Cl)(Cl)Cl)OC(=O)CCCCCCCCC. The summed E-state index contributed by atoms with van der Waals surface area (Å²) < 4.78 is 85.9. The first-order valence-corrected chi connectivity index (χ1v) is 44.7. The van der Waals surface area contributed by atoms with Crippen LogP contribution >= 0.6 is 77.4 Å². The number of hydrogen-bond donors (Lipinski definition) is 1. The number of para-hydroxylation sites is 2. The van der Waals surface area contributed by atoms with Gasteiger partial charge in [-0.2, -0.15) is 0 Å². The molecule has 1 saturated heterocycles. The summed E-state index contributed by atoms with van der Waals surface area (Å²) in [5, 5.41) is 3.02. The summed E-state index contributed by atoms with van der Waals surface area (Å²) in [7, 11) is -5.23. The number of carbonyl (C=O) groups is 6. The van der Waals surface area contributed by atoms with E-state index in [2.05, 4.69) is 33.0 Å². The molecule has 1 amide bonds. The molecule has 0 aliphatic carbocycles. The van der Waals surface area contributed by atoms with Crippen molar-refractivity contribution in [2.45, 2.75) is 348 Å². The van der Waals surface area contributed by atoms with E-state index in [9.17, 15) is 19.2 Å². The maximum atomic E-state index is 15.9. The van der Waals surface area contributed by atoms with Gasteiger partial charge in [0.1, 0.15) is 61.2 Å². The van der Waals surface area contributed by atoms with Gasteiger partial charge in [0.25, 0.3) is 0 Å². The molecule has 0 saturated carbocycles. The second-order valence-corrected chi connectivity index (χ2v) is 35.7. The van der Waals surface area contributed by atoms with Gasteiger partial charge < -0.3 is 57.0 Å². The smallest absolute Gasteiger partial charge is 0.462 e. The molecule has 0 spiro atoms. The third kappa shape index (κ3) is 45.1. The minimum atomic E-state index is -5.23. The maximum absolute atomic E-state index is 15.9. The summed E-state index contributed by atoms with van der Waals surface area (Å²) in [6.45, 7) is 8.73. The Morgan fingerprint density at radius 2 is 0.928 bits per heavy atom. The molecule has 1 aliphatic rings. The van der Waals surface area contributed by atoms with Gasteiger partial charge in [0.05, 0.1) is 38.7 Å². The highest BCUT2D eigenvalue weighted by Gasteiger charge is 2.58. The molecule has 0 unspecified atom stereocenters. The van der Waals surface area contributed by atoms with Gasteiger partial charge in [0.2, 0.25) is 13.5 Å². The predicted octanol–water partition coefficient (Wildman–Crippen LogP) is 23.6. The van der Waals surface area contributed by atoms with Crippen molar-refractivity contribution in [1.29, 1.82) is 0 Å². The number of amides is 1. The van der Waals surface area contributed by atoms with E-state index in [1.165, 1.54) is 63.8 Å². The van der Waals surface area contributed by atoms with Gasteiger partial charge in [-0.3, -0.25) is 28.5 Å². The normalized spacial score (nSPS) is 16.9. The van der Waals surface area contributed by atoms with E-state index < -0.39 is 132 Å². The van der Waals surface area contributed by atoms with Gasteiger partial charge in [-0.15, -0.1) is 0 Å². The number of benzene rings is 3. The highest BCUT2D eigenvalue weighted by molar-refractivity contribution is 7.49. The van der Waals surface area contributed by atoms with Crippen LogP contribution in [-0.2, 0) is 82.3 Å². The van der Waals surface area contributed by atoms with Crippen molar-refractivity contribution >= 4 is 113 Å². The molecule has 111 heavy (non-hydrogen) atoms. The number of ether oxygens (including phenoxy) is 9. The molecule has 27 heteroatoms. The van der Waals surface area contributed by atoms with E-state index in [1.807, 2.05) is 30.3 Å². The maximum Gasteiger partial charge on any atom is 0.588 e. The number of halogens is 6. The second-order valence-electron chi connectivity index (χ2n) is 29.5. The van der Waals surface area contributed by atoms with Crippen molar-refractivity contribution in [3.63, 3.8) is 0 Å². The number of carbonyl (C=O) groups excluding carboxylic acids is 6. The Kier molecular flexibility index (Phi) is 51.5. The third-order valence-corrected chi connectivity index (χ3v) is 22.1. The molecule has 4 rings (SSSR count). The van der Waals surface area contributed by atoms with Crippen LogP contribution in [0.2, 0.25) is 0 Å². The Morgan fingerprint density at radius 3 is 1.37 bits per heavy atom. The molecule has 20 nitrogen and oxygen atoms in total. The van der Waals surface area contributed by atoms with Crippen molar-refractivity contribution in [3.8, 4) is 11.5 Å². The van der Waals surface area contributed by atoms with Crippen molar-refractivity contribution in [1.82, 2.24) is 5.32 Å². The number of nitrogens with one attached hydrogen (secondary N) is 1. The number of phosphoric ester groups is 1. The average Bonchev–Trinajstić information content (AvgIpc) is 0.764. The van der Waals surface area contributed by atoms with Gasteiger partial charge in [-0.05, 0) is 82.2 Å². The number of phosphoric acid groups is 1. The molecule has 1 N–H and O–H groups in total. The van der Waals surface area contributed by atoms with Gasteiger partial charge >= 0.3 is 37.9 Å². The van der Waals surface area contributed by atoms with Crippen LogP contribution in [0.5, 0.6) is 11.5 Å². The molecule has 630 valence electrons. The Balaban J connectivity index is 1.90. The Morgan fingerprint density at radius 1 is 0.505 bits per heavy atom. The predicted molar refractivity (Wildman–Crippen MR) is 439 cm³/mol. The number of unbranched alkanes of at least 4 members (excludes halogenated alkanes) is 28. The lowest BCUT2D eigenvalue weighted by Gasteiger charge is -2.44. The largest absolute Gasteiger partial charge is 0.588 e. The zero-order chi connectivity index (χ0) is 81.0. The minimum absolute atomic E-state index is 0.0381. The molecule has 3 aromatic rings. The molecule has 1 fully saturated rings. The second kappa shape index (κ2) is 57.7. The van der Waals surface area contributed by atoms with E-state index in [1.54, 1.807) is 36.4 Å². The molecule has 1 heterocycles. The molecule has 0 aromatic heterocycles. The van der Waals surface area contributed by atoms with E-state index in [0.29, 0.717) is 32.1 Å². The average molecular weight is 1700 g/mol. The molecular formula is C84H128Cl6NO19P. The van der Waals surface area contributed by atoms with Crippen LogP contribution in [0.3, 0.4) is 0 Å². The fourth-order valence-corrected chi connectivity index (χ4v) is 14.4. The summed E-state index contributed by atoms with van der Waals surface area (Å²) in [5.74, 6) is -5.95. The summed E-state index contributed by atoms with van der Waals surface area (Å²) in [4.78, 5) is 87.0. The number of alkyl halides is 6. The van der Waals surface area contributed by atoms with Crippen molar-refractivity contribution in [2.24, 2.45) is 5.92 Å². The summed E-state index contributed by atoms with van der Waals surface area (Å²) >= 11 is 37.7. The zero-order valence-electron chi connectivity index (χ0n) is 66.7. The summed E-state index contributed by atoms with van der Waals surface area (Å²) in [5.41, 5.74) is -1.05. The zero-order valence-corrected chi connectivity index (χ0v) is 72.1. The van der Waals surface area contributed by atoms with E-state index >= 15 is 14.2 Å². The topological polar surface area (TPSA) is 242 Å². The van der Waals surface area contributed by atoms with Crippen LogP contribution < -0.4 is 14.4 Å². The van der Waals surface area contributed by atoms with E-state index in [0.717, 1.165) is 160 Å². The van der Waals surface area contributed by atoms with Crippen molar-refractivity contribution in [3.05, 3.63) is 96.6 Å². The van der Waals surface area contributed by atoms with Gasteiger partial charge in [-0.25, -0.2) is 9.36 Å². The van der Waals surface area contributed by atoms with Crippen LogP contribution in [0.4, 0.5) is 4.79 Å². The summed E-state index contributed by atoms with van der Waals surface area (Å²) in [6.07, 6.45) is 21.0. The van der Waals surface area contributed by atoms with E-state index in [-0.39, 0.29) is 50.4 Å². The highest BCUT2D eigenvalue weighted by atomic mass is 35.6. The van der Waals surface area contributed by atoms with Crippen LogP contribution in [0.1, 0.15) is 291 Å². The highest BCUT2D eigenvalue weighted by Crippen LogP contribution is 2.53. The van der Waals surface area contributed by atoms with Crippen molar-refractivity contribution < 1.29 is 89.5 Å². The van der Waals surface area contributed by atoms with Gasteiger partial charge in [0.15, 0.2) is 11.9 Å². The Bertz CT molecular complexity index is 3000. The molecule has 0 radical (unpaired) electrons. The van der Waals surface area contributed by atoms with Crippen LogP contribution in [-0.4, -0.2) is 118 Å². The first-order valence-electron chi connectivity index (χ1n) is 41.0. The summed E-state index contributed by atoms with van der Waals surface area (Å²) in [6, 6.07) is 23.8. The van der Waals surface area contributed by atoms with Crippen LogP contribution in [0.15, 0.2) is 91.0 Å². The van der Waals surface area contributed by atoms with Crippen molar-refractivity contribution in [2.75, 3.05) is 26.4 Å². The Labute approximate surface area is 692 Å². The fraction of sp³-hybridized carbons (Fsp3) is 0.714. The molecule has 1 aliphatic heterocycles. The lowest BCUT2D eigenvalue weighted by Crippen LogP contribution is -2.61. The third-order valence-electron chi connectivity index (χ3n) is 19.0. The minimum Gasteiger partial charge on any atom is -0.462 e. The van der Waals surface area contributed by atoms with Gasteiger partial charge in [0, 0.05) is 12.8 Å². The van der Waals surface area contributed by atoms with Crippen LogP contribution in [0, 0.1) is 5.92 Å². The van der Waals surface area contributed by atoms with Crippen LogP contribution in [0.25, 0.3) is 0 Å². The molecular weight excluding hydrogens is 1570 g/mol. The molecule has 3 aromatic carbocycles.